The molecule has 1 amide bonds. The lowest BCUT2D eigenvalue weighted by Gasteiger charge is -2.37. The number of carbonyl (C=O) groups is 1. The van der Waals surface area contributed by atoms with Crippen molar-refractivity contribution in [2.24, 2.45) is 4.99 Å². The molecule has 1 aliphatic heterocycles. The van der Waals surface area contributed by atoms with E-state index >= 15 is 0 Å². The van der Waals surface area contributed by atoms with Crippen LogP contribution in [0.4, 0.5) is 0 Å². The minimum Gasteiger partial charge on any atom is -0.469 e. The van der Waals surface area contributed by atoms with Crippen LogP contribution in [0.3, 0.4) is 0 Å². The monoisotopic (exact) mass is 521 g/mol. The molecule has 1 saturated heterocycles. The third kappa shape index (κ3) is 9.81. The van der Waals surface area contributed by atoms with Crippen molar-refractivity contribution in [1.82, 2.24) is 20.4 Å². The second-order valence-corrected chi connectivity index (χ2v) is 7.09. The van der Waals surface area contributed by atoms with Gasteiger partial charge >= 0.3 is 0 Å². The highest BCUT2D eigenvalue weighted by Gasteiger charge is 2.22. The highest BCUT2D eigenvalue weighted by atomic mass is 127. The average molecular weight is 521 g/mol. The molecule has 8 nitrogen and oxygen atoms in total. The molecule has 0 bridgehead atoms. The molecule has 2 N–H and O–H groups in total. The molecule has 166 valence electrons. The zero-order chi connectivity index (χ0) is 20.2. The Morgan fingerprint density at radius 1 is 1.34 bits per heavy atom. The lowest BCUT2D eigenvalue weighted by atomic mass is 10.2. The van der Waals surface area contributed by atoms with Gasteiger partial charge < -0.3 is 24.7 Å². The highest BCUT2D eigenvalue weighted by molar-refractivity contribution is 14.0. The third-order valence-corrected chi connectivity index (χ3v) is 4.86. The number of hydrogen-bond donors (Lipinski definition) is 2. The van der Waals surface area contributed by atoms with Gasteiger partial charge in [-0.15, -0.1) is 24.0 Å². The molecular formula is C20H36IN5O3. The Morgan fingerprint density at radius 3 is 2.72 bits per heavy atom. The lowest BCUT2D eigenvalue weighted by Crippen LogP contribution is -2.55. The molecule has 1 atom stereocenters. The van der Waals surface area contributed by atoms with Crippen LogP contribution in [-0.4, -0.2) is 87.2 Å². The first-order valence-electron chi connectivity index (χ1n) is 10.2. The van der Waals surface area contributed by atoms with Gasteiger partial charge in [-0.1, -0.05) is 6.92 Å². The Kier molecular flexibility index (Phi) is 13.0. The maximum absolute atomic E-state index is 12.0. The van der Waals surface area contributed by atoms with E-state index in [0.717, 1.165) is 50.7 Å². The Hall–Kier alpha value is -1.33. The second-order valence-electron chi connectivity index (χ2n) is 7.09. The van der Waals surface area contributed by atoms with E-state index in [4.69, 9.17) is 14.1 Å². The van der Waals surface area contributed by atoms with Crippen molar-refractivity contribution in [3.05, 3.63) is 24.2 Å². The molecule has 9 heteroatoms. The quantitative estimate of drug-likeness (QED) is 0.211. The second kappa shape index (κ2) is 14.6. The van der Waals surface area contributed by atoms with E-state index in [1.54, 1.807) is 13.4 Å². The van der Waals surface area contributed by atoms with Crippen LogP contribution < -0.4 is 10.6 Å². The van der Waals surface area contributed by atoms with E-state index in [0.29, 0.717) is 32.3 Å². The number of nitrogens with one attached hydrogen (secondary N) is 2. The Morgan fingerprint density at radius 2 is 2.10 bits per heavy atom. The first-order valence-corrected chi connectivity index (χ1v) is 10.2. The van der Waals surface area contributed by atoms with Crippen LogP contribution >= 0.6 is 24.0 Å². The van der Waals surface area contributed by atoms with Gasteiger partial charge in [0.25, 0.3) is 0 Å². The van der Waals surface area contributed by atoms with Gasteiger partial charge in [0.05, 0.1) is 19.4 Å². The van der Waals surface area contributed by atoms with Crippen molar-refractivity contribution in [2.75, 3.05) is 59.5 Å². The summed E-state index contributed by atoms with van der Waals surface area (Å²) in [5.41, 5.74) is 0. The van der Waals surface area contributed by atoms with Crippen molar-refractivity contribution in [2.45, 2.75) is 32.7 Å². The molecule has 0 aliphatic carbocycles. The Bertz CT molecular complexity index is 589. The summed E-state index contributed by atoms with van der Waals surface area (Å²) in [7, 11) is 1.63. The fourth-order valence-corrected chi connectivity index (χ4v) is 2.96. The highest BCUT2D eigenvalue weighted by Crippen LogP contribution is 2.05. The Labute approximate surface area is 191 Å². The van der Waals surface area contributed by atoms with E-state index in [1.807, 2.05) is 12.1 Å². The van der Waals surface area contributed by atoms with Gasteiger partial charge in [0.2, 0.25) is 5.91 Å². The number of piperazine rings is 1. The van der Waals surface area contributed by atoms with Crippen molar-refractivity contribution in [1.29, 1.82) is 0 Å². The number of halogens is 1. The van der Waals surface area contributed by atoms with Crippen LogP contribution in [-0.2, 0) is 16.0 Å². The topological polar surface area (TPSA) is 82.3 Å². The van der Waals surface area contributed by atoms with Crippen molar-refractivity contribution in [3.8, 4) is 0 Å². The van der Waals surface area contributed by atoms with Gasteiger partial charge in [-0.25, -0.2) is 0 Å². The molecule has 2 rings (SSSR count). The number of carbonyl (C=O) groups excluding carboxylic acids is 1. The number of furan rings is 1. The van der Waals surface area contributed by atoms with Crippen LogP contribution in [0.5, 0.6) is 0 Å². The zero-order valence-corrected chi connectivity index (χ0v) is 20.2. The smallest absolute Gasteiger partial charge is 0.234 e. The molecule has 1 fully saturated rings. The van der Waals surface area contributed by atoms with Crippen LogP contribution in [0.1, 0.15) is 26.0 Å². The summed E-state index contributed by atoms with van der Waals surface area (Å²) in [6.07, 6.45) is 3.53. The average Bonchev–Trinajstić information content (AvgIpc) is 3.21. The predicted octanol–water partition coefficient (Wildman–Crippen LogP) is 1.56. The molecule has 0 saturated carbocycles. The lowest BCUT2D eigenvalue weighted by molar-refractivity contribution is -0.122. The third-order valence-electron chi connectivity index (χ3n) is 4.86. The van der Waals surface area contributed by atoms with E-state index in [-0.39, 0.29) is 29.9 Å². The summed E-state index contributed by atoms with van der Waals surface area (Å²) in [5.74, 6) is 1.96. The first kappa shape index (κ1) is 25.7. The number of methoxy groups -OCH3 is 1. The molecule has 29 heavy (non-hydrogen) atoms. The number of guanidine groups is 1. The van der Waals surface area contributed by atoms with Gasteiger partial charge in [0.15, 0.2) is 5.96 Å². The molecule has 1 unspecified atom stereocenters. The molecule has 1 aliphatic rings. The van der Waals surface area contributed by atoms with Crippen LogP contribution in [0, 0.1) is 0 Å². The van der Waals surface area contributed by atoms with Gasteiger partial charge in [-0.3, -0.25) is 14.7 Å². The summed E-state index contributed by atoms with van der Waals surface area (Å²) >= 11 is 0. The number of ether oxygens (including phenoxy) is 1. The van der Waals surface area contributed by atoms with Crippen molar-refractivity contribution >= 4 is 35.8 Å². The maximum atomic E-state index is 12.0. The van der Waals surface area contributed by atoms with E-state index in [2.05, 4.69) is 34.3 Å². The predicted molar refractivity (Wildman–Crippen MR) is 126 cm³/mol. The number of rotatable bonds is 10. The summed E-state index contributed by atoms with van der Waals surface area (Å²) < 4.78 is 10.4. The summed E-state index contributed by atoms with van der Waals surface area (Å²) in [5, 5.41) is 6.42. The van der Waals surface area contributed by atoms with E-state index in [9.17, 15) is 4.79 Å². The van der Waals surface area contributed by atoms with Crippen LogP contribution in [0.25, 0.3) is 0 Å². The largest absolute Gasteiger partial charge is 0.469 e. The summed E-state index contributed by atoms with van der Waals surface area (Å²) in [4.78, 5) is 21.2. The van der Waals surface area contributed by atoms with Gasteiger partial charge in [0.1, 0.15) is 5.76 Å². The van der Waals surface area contributed by atoms with Crippen LogP contribution in [0.15, 0.2) is 27.8 Å². The number of hydrogen-bond acceptors (Lipinski definition) is 5. The number of amides is 1. The van der Waals surface area contributed by atoms with Gasteiger partial charge in [-0.05, 0) is 25.5 Å². The van der Waals surface area contributed by atoms with E-state index < -0.39 is 0 Å². The minimum absolute atomic E-state index is 0. The SMILES string of the molecule is CCC(C)NC(=NCCc1ccco1)N1CCN(CC(=O)NCCOC)CC1.I. The summed E-state index contributed by atoms with van der Waals surface area (Å²) in [6, 6.07) is 4.25. The first-order chi connectivity index (χ1) is 13.6. The fraction of sp³-hybridized carbons (Fsp3) is 0.700. The Balaban J connectivity index is 0.00000420. The van der Waals surface area contributed by atoms with Gasteiger partial charge in [-0.2, -0.15) is 0 Å². The standard InChI is InChI=1S/C20H35N5O3.HI/c1-4-17(2)23-20(22-8-7-18-6-5-14-28-18)25-12-10-24(11-13-25)16-19(26)21-9-15-27-3;/h5-6,14,17H,4,7-13,15-16H2,1-3H3,(H,21,26)(H,22,23);1H. The molecule has 1 aromatic rings. The summed E-state index contributed by atoms with van der Waals surface area (Å²) in [6.45, 7) is 9.95. The van der Waals surface area contributed by atoms with Gasteiger partial charge in [0, 0.05) is 58.8 Å². The number of aliphatic imine (C=N–C) groups is 1. The fourth-order valence-electron chi connectivity index (χ4n) is 2.96. The molecule has 0 spiro atoms. The minimum atomic E-state index is 0. The van der Waals surface area contributed by atoms with E-state index in [1.165, 1.54) is 0 Å². The molecule has 2 heterocycles. The normalized spacial score (nSPS) is 16.2. The maximum Gasteiger partial charge on any atom is 0.234 e. The molecular weight excluding hydrogens is 485 g/mol. The van der Waals surface area contributed by atoms with Crippen molar-refractivity contribution < 1.29 is 13.9 Å². The zero-order valence-electron chi connectivity index (χ0n) is 17.9. The molecule has 1 aromatic heterocycles. The van der Waals surface area contributed by atoms with Crippen molar-refractivity contribution in [3.63, 3.8) is 0 Å². The molecule has 0 radical (unpaired) electrons. The number of nitrogens with zero attached hydrogens (tertiary/aromatic N) is 3. The van der Waals surface area contributed by atoms with Crippen LogP contribution in [0.2, 0.25) is 0 Å². The molecule has 0 aromatic carbocycles.